The molecule has 1 spiro atoms. The SMILES string of the molecule is C[C@@H](NC(=O)c1cnnc(N2CC3(CN(C(=O)C4CC4)C3)C2)c1)c1ccc(-c2cc(C(F)(F)F)ccc2CNC(=O)OC(C)(C)C)cc1. The number of nitrogens with zero attached hydrogens (tertiary/aromatic N) is 4. The lowest BCUT2D eigenvalue weighted by Crippen LogP contribution is -2.73. The van der Waals surface area contributed by atoms with Gasteiger partial charge < -0.3 is 25.2 Å². The first-order chi connectivity index (χ1) is 22.6. The number of hydrogen-bond acceptors (Lipinski definition) is 7. The number of rotatable bonds is 8. The first-order valence-corrected chi connectivity index (χ1v) is 16.0. The molecular formula is C35H39F3N6O4. The molecule has 10 nitrogen and oxygen atoms in total. The number of likely N-dealkylation sites (tertiary alicyclic amines) is 1. The number of aromatic nitrogens is 2. The van der Waals surface area contributed by atoms with Gasteiger partial charge in [0, 0.05) is 44.1 Å². The smallest absolute Gasteiger partial charge is 0.416 e. The van der Waals surface area contributed by atoms with E-state index in [-0.39, 0.29) is 29.7 Å². The van der Waals surface area contributed by atoms with Crippen molar-refractivity contribution < 1.29 is 32.3 Å². The third-order valence-electron chi connectivity index (χ3n) is 8.90. The predicted octanol–water partition coefficient (Wildman–Crippen LogP) is 5.74. The number of alkyl halides is 3. The van der Waals surface area contributed by atoms with Crippen molar-refractivity contribution in [2.24, 2.45) is 11.3 Å². The summed E-state index contributed by atoms with van der Waals surface area (Å²) in [5.74, 6) is 0.767. The van der Waals surface area contributed by atoms with Crippen LogP contribution in [0.25, 0.3) is 11.1 Å². The summed E-state index contributed by atoms with van der Waals surface area (Å²) in [7, 11) is 0. The number of carbonyl (C=O) groups is 3. The van der Waals surface area contributed by atoms with E-state index in [0.29, 0.717) is 28.1 Å². The highest BCUT2D eigenvalue weighted by molar-refractivity contribution is 5.94. The van der Waals surface area contributed by atoms with Crippen LogP contribution < -0.4 is 15.5 Å². The molecule has 3 heterocycles. The first-order valence-electron chi connectivity index (χ1n) is 16.0. The minimum Gasteiger partial charge on any atom is -0.444 e. The van der Waals surface area contributed by atoms with Crippen molar-refractivity contribution in [1.29, 1.82) is 0 Å². The van der Waals surface area contributed by atoms with Gasteiger partial charge in [-0.1, -0.05) is 30.3 Å². The van der Waals surface area contributed by atoms with Crippen LogP contribution in [0.2, 0.25) is 0 Å². The molecule has 0 bridgehead atoms. The van der Waals surface area contributed by atoms with Gasteiger partial charge in [-0.2, -0.15) is 18.3 Å². The number of halogens is 3. The van der Waals surface area contributed by atoms with Crippen LogP contribution in [0, 0.1) is 11.3 Å². The average Bonchev–Trinajstić information content (AvgIpc) is 3.83. The van der Waals surface area contributed by atoms with Gasteiger partial charge in [-0.25, -0.2) is 4.79 Å². The van der Waals surface area contributed by atoms with Crippen molar-refractivity contribution in [2.75, 3.05) is 31.1 Å². The molecule has 13 heteroatoms. The zero-order valence-electron chi connectivity index (χ0n) is 27.4. The van der Waals surface area contributed by atoms with E-state index in [9.17, 15) is 27.6 Å². The fraction of sp³-hybridized carbons (Fsp3) is 0.457. The molecule has 2 aliphatic heterocycles. The van der Waals surface area contributed by atoms with Gasteiger partial charge in [0.25, 0.3) is 5.91 Å². The van der Waals surface area contributed by atoms with E-state index >= 15 is 0 Å². The molecule has 1 saturated carbocycles. The van der Waals surface area contributed by atoms with Gasteiger partial charge in [0.1, 0.15) is 5.60 Å². The van der Waals surface area contributed by atoms with Crippen LogP contribution in [0.1, 0.15) is 73.6 Å². The lowest BCUT2D eigenvalue weighted by molar-refractivity contribution is -0.146. The second-order valence-electron chi connectivity index (χ2n) is 14.2. The highest BCUT2D eigenvalue weighted by Gasteiger charge is 2.55. The van der Waals surface area contributed by atoms with Gasteiger partial charge in [0.2, 0.25) is 5.91 Å². The Kier molecular flexibility index (Phi) is 8.59. The maximum absolute atomic E-state index is 13.6. The zero-order valence-corrected chi connectivity index (χ0v) is 27.4. The average molecular weight is 665 g/mol. The van der Waals surface area contributed by atoms with E-state index in [0.717, 1.165) is 56.7 Å². The number of alkyl carbamates (subject to hydrolysis) is 1. The summed E-state index contributed by atoms with van der Waals surface area (Å²) in [4.78, 5) is 41.7. The molecule has 3 aliphatic rings. The van der Waals surface area contributed by atoms with Crippen LogP contribution in [0.3, 0.4) is 0 Å². The Balaban J connectivity index is 1.08. The number of ether oxygens (including phenoxy) is 1. The Labute approximate surface area is 277 Å². The third-order valence-corrected chi connectivity index (χ3v) is 8.90. The van der Waals surface area contributed by atoms with E-state index in [1.807, 2.05) is 11.8 Å². The maximum Gasteiger partial charge on any atom is 0.416 e. The number of amides is 3. The van der Waals surface area contributed by atoms with E-state index in [2.05, 4.69) is 25.7 Å². The van der Waals surface area contributed by atoms with Crippen molar-refractivity contribution in [3.63, 3.8) is 0 Å². The van der Waals surface area contributed by atoms with Gasteiger partial charge in [-0.15, -0.1) is 5.10 Å². The van der Waals surface area contributed by atoms with Gasteiger partial charge in [-0.3, -0.25) is 9.59 Å². The summed E-state index contributed by atoms with van der Waals surface area (Å²) in [6.07, 6.45) is -1.81. The lowest BCUT2D eigenvalue weighted by Gasteiger charge is -2.60. The summed E-state index contributed by atoms with van der Waals surface area (Å²) >= 11 is 0. The van der Waals surface area contributed by atoms with Crippen LogP contribution in [-0.2, 0) is 22.3 Å². The Morgan fingerprint density at radius 2 is 1.69 bits per heavy atom. The molecule has 48 heavy (non-hydrogen) atoms. The Hall–Kier alpha value is -4.68. The topological polar surface area (TPSA) is 117 Å². The summed E-state index contributed by atoms with van der Waals surface area (Å²) < 4.78 is 46.1. The largest absolute Gasteiger partial charge is 0.444 e. The first kappa shape index (κ1) is 33.2. The Bertz CT molecular complexity index is 1700. The van der Waals surface area contributed by atoms with Gasteiger partial charge in [-0.05, 0) is 81.0 Å². The van der Waals surface area contributed by atoms with E-state index in [1.165, 1.54) is 12.3 Å². The number of nitrogens with one attached hydrogen (secondary N) is 2. The highest BCUT2D eigenvalue weighted by atomic mass is 19.4. The van der Waals surface area contributed by atoms with Crippen LogP contribution in [0.5, 0.6) is 0 Å². The van der Waals surface area contributed by atoms with E-state index in [4.69, 9.17) is 4.74 Å². The molecule has 2 saturated heterocycles. The molecule has 3 aromatic rings. The standard InChI is InChI=1S/C35H39F3N6O4/c1-21(41-30(45)26-13-29(42-40-16-26)43-17-34(18-43)19-44(20-34)31(46)24-9-10-24)22-5-7-23(8-6-22)28-14-27(35(36,37)38)12-11-25(28)15-39-32(47)48-33(2,3)4/h5-8,11-14,16,21,24H,9-10,15,17-20H2,1-4H3,(H,39,47)(H,41,45)/t21-/m1/s1. The number of hydrogen-bond donors (Lipinski definition) is 2. The van der Waals surface area contributed by atoms with Crippen molar-refractivity contribution >= 4 is 23.7 Å². The molecule has 1 aromatic heterocycles. The van der Waals surface area contributed by atoms with Crippen molar-refractivity contribution in [3.8, 4) is 11.1 Å². The minimum atomic E-state index is -4.54. The van der Waals surface area contributed by atoms with E-state index in [1.54, 1.807) is 51.1 Å². The van der Waals surface area contributed by atoms with Crippen molar-refractivity contribution in [3.05, 3.63) is 77.0 Å². The summed E-state index contributed by atoms with van der Waals surface area (Å²) in [6, 6.07) is 11.6. The molecule has 0 unspecified atom stereocenters. The zero-order chi connectivity index (χ0) is 34.4. The monoisotopic (exact) mass is 664 g/mol. The van der Waals surface area contributed by atoms with Crippen molar-refractivity contribution in [2.45, 2.75) is 64.9 Å². The molecule has 2 N–H and O–H groups in total. The Morgan fingerprint density at radius 3 is 2.31 bits per heavy atom. The summed E-state index contributed by atoms with van der Waals surface area (Å²) in [5, 5.41) is 13.8. The molecule has 1 atom stereocenters. The van der Waals surface area contributed by atoms with Crippen molar-refractivity contribution in [1.82, 2.24) is 25.7 Å². The summed E-state index contributed by atoms with van der Waals surface area (Å²) in [6.45, 7) is 9.99. The number of benzene rings is 2. The second-order valence-corrected chi connectivity index (χ2v) is 14.2. The van der Waals surface area contributed by atoms with Gasteiger partial charge in [0.05, 0.1) is 23.4 Å². The number of carbonyl (C=O) groups excluding carboxylic acids is 3. The second kappa shape index (κ2) is 12.4. The van der Waals surface area contributed by atoms with Crippen LogP contribution in [-0.4, -0.2) is 64.8 Å². The van der Waals surface area contributed by atoms with Gasteiger partial charge in [0.15, 0.2) is 5.82 Å². The fourth-order valence-electron chi connectivity index (χ4n) is 6.24. The highest BCUT2D eigenvalue weighted by Crippen LogP contribution is 2.44. The molecule has 254 valence electrons. The fourth-order valence-corrected chi connectivity index (χ4v) is 6.24. The lowest BCUT2D eigenvalue weighted by atomic mass is 9.72. The van der Waals surface area contributed by atoms with Gasteiger partial charge >= 0.3 is 12.3 Å². The molecular weight excluding hydrogens is 625 g/mol. The predicted molar refractivity (Wildman–Crippen MR) is 172 cm³/mol. The quantitative estimate of drug-likeness (QED) is 0.316. The molecule has 2 aromatic carbocycles. The third kappa shape index (κ3) is 7.39. The van der Waals surface area contributed by atoms with Crippen LogP contribution >= 0.6 is 0 Å². The van der Waals surface area contributed by atoms with Crippen LogP contribution in [0.15, 0.2) is 54.7 Å². The molecule has 0 radical (unpaired) electrons. The van der Waals surface area contributed by atoms with E-state index < -0.39 is 29.5 Å². The molecule has 6 rings (SSSR count). The number of anilines is 1. The Morgan fingerprint density at radius 1 is 1.00 bits per heavy atom. The summed E-state index contributed by atoms with van der Waals surface area (Å²) in [5.41, 5.74) is 0.986. The minimum absolute atomic E-state index is 0.0322. The normalized spacial score (nSPS) is 17.6. The molecule has 1 aliphatic carbocycles. The molecule has 3 fully saturated rings. The maximum atomic E-state index is 13.6. The molecule has 3 amide bonds. The van der Waals surface area contributed by atoms with Crippen LogP contribution in [0.4, 0.5) is 23.8 Å².